The van der Waals surface area contributed by atoms with Gasteiger partial charge in [-0.1, -0.05) is 6.92 Å². The van der Waals surface area contributed by atoms with E-state index >= 15 is 0 Å². The maximum absolute atomic E-state index is 12.1. The van der Waals surface area contributed by atoms with Crippen LogP contribution >= 0.6 is 0 Å². The first kappa shape index (κ1) is 17.8. The second-order valence-electron chi connectivity index (χ2n) is 6.27. The lowest BCUT2D eigenvalue weighted by Crippen LogP contribution is -2.46. The summed E-state index contributed by atoms with van der Waals surface area (Å²) < 4.78 is 9.34. The van der Waals surface area contributed by atoms with Gasteiger partial charge in [0.25, 0.3) is 6.26 Å². The minimum atomic E-state index is -0.789. The summed E-state index contributed by atoms with van der Waals surface area (Å²) in [6, 6.07) is -0.789. The van der Waals surface area contributed by atoms with E-state index in [4.69, 9.17) is 10.00 Å². The van der Waals surface area contributed by atoms with Crippen LogP contribution < -0.4 is 5.32 Å². The fourth-order valence-electron chi connectivity index (χ4n) is 2.22. The fraction of sp³-hybridized carbons (Fsp3) is 0.714. The highest BCUT2D eigenvalue weighted by Crippen LogP contribution is 2.23. The predicted octanol–water partition coefficient (Wildman–Crippen LogP) is 0.772. The van der Waals surface area contributed by atoms with Gasteiger partial charge in [-0.2, -0.15) is 0 Å². The molecule has 1 saturated heterocycles. The zero-order valence-corrected chi connectivity index (χ0v) is 13.2. The predicted molar refractivity (Wildman–Crippen MR) is 75.2 cm³/mol. The lowest BCUT2D eigenvalue weighted by atomic mass is 10.1. The average molecular weight is 311 g/mol. The van der Waals surface area contributed by atoms with E-state index in [1.165, 1.54) is 11.2 Å². The number of amides is 2. The van der Waals surface area contributed by atoms with Crippen LogP contribution in [0, 0.1) is 17.4 Å². The van der Waals surface area contributed by atoms with Crippen LogP contribution in [0.15, 0.2) is 0 Å². The summed E-state index contributed by atoms with van der Waals surface area (Å²) in [7, 11) is 0. The van der Waals surface area contributed by atoms with E-state index in [0.29, 0.717) is 13.0 Å². The number of esters is 1. The monoisotopic (exact) mass is 311 g/mol. The molecule has 1 rings (SSSR count). The Morgan fingerprint density at radius 3 is 2.55 bits per heavy atom. The molecule has 22 heavy (non-hydrogen) atoms. The van der Waals surface area contributed by atoms with Crippen molar-refractivity contribution < 1.29 is 23.9 Å². The molecule has 1 N–H and O–H groups in total. The quantitative estimate of drug-likeness (QED) is 0.609. The average Bonchev–Trinajstić information content (AvgIpc) is 2.76. The number of likely N-dealkylation sites (tertiary alicyclic amines) is 1. The van der Waals surface area contributed by atoms with Crippen LogP contribution in [0.2, 0.25) is 0 Å². The summed E-state index contributed by atoms with van der Waals surface area (Å²) in [5.74, 6) is -1.06. The molecule has 8 heteroatoms. The zero-order valence-electron chi connectivity index (χ0n) is 13.2. The third-order valence-corrected chi connectivity index (χ3v) is 3.03. The van der Waals surface area contributed by atoms with E-state index in [-0.39, 0.29) is 12.5 Å². The molecule has 0 saturated carbocycles. The number of carbonyl (C=O) groups excluding carboxylic acids is 3. The van der Waals surface area contributed by atoms with Gasteiger partial charge in [0.05, 0.1) is 0 Å². The molecule has 2 atom stereocenters. The van der Waals surface area contributed by atoms with Gasteiger partial charge in [-0.05, 0) is 33.1 Å². The number of hydrogen-bond donors (Lipinski definition) is 1. The molecule has 0 spiro atoms. The largest absolute Gasteiger partial charge is 0.444 e. The first-order valence-electron chi connectivity index (χ1n) is 7.00. The Hall–Kier alpha value is -2.30. The second kappa shape index (κ2) is 7.11. The lowest BCUT2D eigenvalue weighted by Gasteiger charge is -2.23. The van der Waals surface area contributed by atoms with Gasteiger partial charge in [0, 0.05) is 6.54 Å². The van der Waals surface area contributed by atoms with E-state index in [2.05, 4.69) is 10.1 Å². The molecule has 0 aromatic carbocycles. The Balaban J connectivity index is 2.58. The molecule has 0 aromatic heterocycles. The van der Waals surface area contributed by atoms with Gasteiger partial charge in [-0.15, -0.1) is 5.26 Å². The van der Waals surface area contributed by atoms with E-state index in [0.717, 1.165) is 0 Å². The van der Waals surface area contributed by atoms with E-state index in [1.807, 2.05) is 6.92 Å². The Bertz CT molecular complexity index is 492. The molecule has 8 nitrogen and oxygen atoms in total. The number of nitrogens with zero attached hydrogens (tertiary/aromatic N) is 2. The molecule has 1 aliphatic heterocycles. The summed E-state index contributed by atoms with van der Waals surface area (Å²) in [6.07, 6.45) is 1.04. The Kier molecular flexibility index (Phi) is 5.74. The highest BCUT2D eigenvalue weighted by Gasteiger charge is 2.39. The number of hydrogen-bond acceptors (Lipinski definition) is 6. The number of alkyl carbamates (subject to hydrolysis) is 1. The number of nitrogens with one attached hydrogen (secondary N) is 1. The molecule has 0 aromatic rings. The molecule has 2 unspecified atom stereocenters. The molecule has 0 radical (unpaired) electrons. The van der Waals surface area contributed by atoms with Crippen LogP contribution in [0.25, 0.3) is 0 Å². The van der Waals surface area contributed by atoms with Crippen LogP contribution in [0.1, 0.15) is 34.1 Å². The van der Waals surface area contributed by atoms with Crippen molar-refractivity contribution in [3.05, 3.63) is 0 Å². The van der Waals surface area contributed by atoms with Crippen LogP contribution in [0.3, 0.4) is 0 Å². The summed E-state index contributed by atoms with van der Waals surface area (Å²) in [5.41, 5.74) is -0.658. The van der Waals surface area contributed by atoms with Crippen molar-refractivity contribution in [3.63, 3.8) is 0 Å². The first-order chi connectivity index (χ1) is 10.1. The van der Waals surface area contributed by atoms with Crippen LogP contribution in [-0.2, 0) is 19.1 Å². The van der Waals surface area contributed by atoms with Gasteiger partial charge in [0.15, 0.2) is 0 Å². The Morgan fingerprint density at radius 2 is 2.00 bits per heavy atom. The molecule has 122 valence electrons. The van der Waals surface area contributed by atoms with E-state index in [9.17, 15) is 14.4 Å². The molecule has 0 bridgehead atoms. The molecule has 2 amide bonds. The highest BCUT2D eigenvalue weighted by atomic mass is 16.6. The SMILES string of the molecule is CC1CC(C(=O)OC#N)N(C(=O)CNC(=O)OC(C)(C)C)C1. The number of rotatable bonds is 3. The van der Waals surface area contributed by atoms with Crippen molar-refractivity contribution in [1.29, 1.82) is 5.26 Å². The maximum atomic E-state index is 12.1. The minimum Gasteiger partial charge on any atom is -0.444 e. The Morgan fingerprint density at radius 1 is 1.36 bits per heavy atom. The van der Waals surface area contributed by atoms with E-state index in [1.54, 1.807) is 20.8 Å². The van der Waals surface area contributed by atoms with Gasteiger partial charge in [0.2, 0.25) is 5.91 Å². The Labute approximate surface area is 129 Å². The summed E-state index contributed by atoms with van der Waals surface area (Å²) in [4.78, 5) is 36.7. The standard InChI is InChI=1S/C14H21N3O5/c1-9-5-10(12(19)21-8-15)17(7-9)11(18)6-16-13(20)22-14(2,3)4/h9-10H,5-7H2,1-4H3,(H,16,20). The van der Waals surface area contributed by atoms with Gasteiger partial charge < -0.3 is 19.7 Å². The lowest BCUT2D eigenvalue weighted by molar-refractivity contribution is -0.147. The van der Waals surface area contributed by atoms with Gasteiger partial charge in [-0.3, -0.25) is 4.79 Å². The highest BCUT2D eigenvalue weighted by molar-refractivity contribution is 5.88. The van der Waals surface area contributed by atoms with E-state index < -0.39 is 29.6 Å². The summed E-state index contributed by atoms with van der Waals surface area (Å²) in [6.45, 7) is 7.12. The number of nitriles is 1. The molecule has 1 heterocycles. The van der Waals surface area contributed by atoms with Crippen LogP contribution in [0.4, 0.5) is 4.79 Å². The van der Waals surface area contributed by atoms with Crippen molar-refractivity contribution in [1.82, 2.24) is 10.2 Å². The third kappa shape index (κ3) is 5.24. The fourth-order valence-corrected chi connectivity index (χ4v) is 2.22. The van der Waals surface area contributed by atoms with Crippen molar-refractivity contribution in [2.24, 2.45) is 5.92 Å². The van der Waals surface area contributed by atoms with Crippen molar-refractivity contribution in [2.75, 3.05) is 13.1 Å². The van der Waals surface area contributed by atoms with Crippen molar-refractivity contribution in [2.45, 2.75) is 45.8 Å². The number of carbonyl (C=O) groups is 3. The second-order valence-corrected chi connectivity index (χ2v) is 6.27. The van der Waals surface area contributed by atoms with Crippen molar-refractivity contribution in [3.8, 4) is 6.26 Å². The zero-order chi connectivity index (χ0) is 16.9. The van der Waals surface area contributed by atoms with Crippen LogP contribution in [-0.4, -0.2) is 47.6 Å². The normalized spacial score (nSPS) is 21.0. The van der Waals surface area contributed by atoms with Gasteiger partial charge in [0.1, 0.15) is 18.2 Å². The van der Waals surface area contributed by atoms with Crippen molar-refractivity contribution >= 4 is 18.0 Å². The smallest absolute Gasteiger partial charge is 0.408 e. The van der Waals surface area contributed by atoms with Gasteiger partial charge in [-0.25, -0.2) is 9.59 Å². The van der Waals surface area contributed by atoms with Gasteiger partial charge >= 0.3 is 12.1 Å². The molecule has 1 aliphatic rings. The maximum Gasteiger partial charge on any atom is 0.408 e. The molecular formula is C14H21N3O5. The number of ether oxygens (including phenoxy) is 2. The molecule has 1 fully saturated rings. The first-order valence-corrected chi connectivity index (χ1v) is 7.00. The summed E-state index contributed by atoms with van der Waals surface area (Å²) >= 11 is 0. The molecular weight excluding hydrogens is 290 g/mol. The van der Waals surface area contributed by atoms with Crippen LogP contribution in [0.5, 0.6) is 0 Å². The summed E-state index contributed by atoms with van der Waals surface area (Å²) in [5, 5.41) is 10.8. The molecule has 0 aliphatic carbocycles. The third-order valence-electron chi connectivity index (χ3n) is 3.03. The topological polar surface area (TPSA) is 109 Å². The minimum absolute atomic E-state index is 0.113.